The number of nitrogens with zero attached hydrogens (tertiary/aromatic N) is 1. The summed E-state index contributed by atoms with van der Waals surface area (Å²) in [6, 6.07) is 12.3. The van der Waals surface area contributed by atoms with Crippen molar-refractivity contribution in [3.8, 4) is 5.75 Å². The Hall–Kier alpha value is -3.20. The third kappa shape index (κ3) is 9.77. The lowest BCUT2D eigenvalue weighted by molar-refractivity contribution is -0.143. The second kappa shape index (κ2) is 15.0. The zero-order valence-corrected chi connectivity index (χ0v) is 25.9. The Bertz CT molecular complexity index is 1130. The molecule has 220 valence electrons. The van der Waals surface area contributed by atoms with Crippen molar-refractivity contribution in [3.05, 3.63) is 59.7 Å². The second-order valence-corrected chi connectivity index (χ2v) is 11.8. The zero-order valence-electron chi connectivity index (χ0n) is 25.0. The highest BCUT2D eigenvalue weighted by atomic mass is 32.1. The molecule has 3 atom stereocenters. The number of rotatable bonds is 12. The van der Waals surface area contributed by atoms with Crippen molar-refractivity contribution in [2.24, 2.45) is 5.92 Å². The SMILES string of the molecule is COc1ccc(NC(=O)C(c2ccccc2C)N(C(=O)C(CS)NC(=O)OC(C)(C)C)C(C)CCC(C)C)cc1. The van der Waals surface area contributed by atoms with Gasteiger partial charge in [-0.25, -0.2) is 4.79 Å². The van der Waals surface area contributed by atoms with Gasteiger partial charge in [-0.3, -0.25) is 9.59 Å². The summed E-state index contributed by atoms with van der Waals surface area (Å²) < 4.78 is 10.6. The van der Waals surface area contributed by atoms with Crippen molar-refractivity contribution >= 4 is 36.2 Å². The average molecular weight is 572 g/mol. The quantitative estimate of drug-likeness (QED) is 0.265. The first kappa shape index (κ1) is 33.0. The summed E-state index contributed by atoms with van der Waals surface area (Å²) >= 11 is 4.39. The summed E-state index contributed by atoms with van der Waals surface area (Å²) in [5, 5.41) is 5.65. The fourth-order valence-electron chi connectivity index (χ4n) is 4.32. The van der Waals surface area contributed by atoms with Gasteiger partial charge in [-0.15, -0.1) is 0 Å². The Kier molecular flexibility index (Phi) is 12.4. The number of thiol groups is 1. The summed E-state index contributed by atoms with van der Waals surface area (Å²) in [7, 11) is 1.58. The highest BCUT2D eigenvalue weighted by Crippen LogP contribution is 2.31. The lowest BCUT2D eigenvalue weighted by Crippen LogP contribution is -2.55. The van der Waals surface area contributed by atoms with E-state index in [9.17, 15) is 14.4 Å². The van der Waals surface area contributed by atoms with Gasteiger partial charge >= 0.3 is 6.09 Å². The van der Waals surface area contributed by atoms with E-state index in [0.29, 0.717) is 29.3 Å². The monoisotopic (exact) mass is 571 g/mol. The molecule has 9 heteroatoms. The number of hydrogen-bond donors (Lipinski definition) is 3. The molecule has 0 radical (unpaired) electrons. The van der Waals surface area contributed by atoms with E-state index >= 15 is 0 Å². The Morgan fingerprint density at radius 1 is 0.975 bits per heavy atom. The lowest BCUT2D eigenvalue weighted by Gasteiger charge is -2.39. The lowest BCUT2D eigenvalue weighted by atomic mass is 9.94. The van der Waals surface area contributed by atoms with Crippen molar-refractivity contribution in [2.75, 3.05) is 18.2 Å². The van der Waals surface area contributed by atoms with Gasteiger partial charge in [0.1, 0.15) is 23.4 Å². The molecule has 0 aliphatic heterocycles. The topological polar surface area (TPSA) is 97.0 Å². The predicted octanol–water partition coefficient (Wildman–Crippen LogP) is 6.16. The first-order valence-corrected chi connectivity index (χ1v) is 14.3. The number of amides is 3. The summed E-state index contributed by atoms with van der Waals surface area (Å²) in [5.74, 6) is 0.337. The smallest absolute Gasteiger partial charge is 0.408 e. The molecular weight excluding hydrogens is 526 g/mol. The second-order valence-electron chi connectivity index (χ2n) is 11.4. The minimum absolute atomic E-state index is 0.0338. The number of ether oxygens (including phenoxy) is 2. The van der Waals surface area contributed by atoms with Crippen molar-refractivity contribution in [2.45, 2.75) is 85.0 Å². The van der Waals surface area contributed by atoms with E-state index in [0.717, 1.165) is 12.0 Å². The molecule has 0 heterocycles. The fourth-order valence-corrected chi connectivity index (χ4v) is 4.57. The van der Waals surface area contributed by atoms with Crippen LogP contribution in [0, 0.1) is 12.8 Å². The van der Waals surface area contributed by atoms with E-state index in [1.54, 1.807) is 57.0 Å². The van der Waals surface area contributed by atoms with Crippen molar-refractivity contribution < 1.29 is 23.9 Å². The van der Waals surface area contributed by atoms with Crippen LogP contribution in [-0.2, 0) is 14.3 Å². The predicted molar refractivity (Wildman–Crippen MR) is 163 cm³/mol. The average Bonchev–Trinajstić information content (AvgIpc) is 2.88. The molecule has 0 fully saturated rings. The van der Waals surface area contributed by atoms with Crippen LogP contribution in [0.4, 0.5) is 10.5 Å². The van der Waals surface area contributed by atoms with E-state index in [-0.39, 0.29) is 17.7 Å². The number of alkyl carbamates (subject to hydrolysis) is 1. The Morgan fingerprint density at radius 3 is 2.12 bits per heavy atom. The summed E-state index contributed by atoms with van der Waals surface area (Å²) in [5.41, 5.74) is 1.41. The normalized spacial score (nSPS) is 13.7. The Morgan fingerprint density at radius 2 is 1.60 bits per heavy atom. The maximum Gasteiger partial charge on any atom is 0.408 e. The number of nitrogens with one attached hydrogen (secondary N) is 2. The standard InChI is InChI=1S/C31H45N3O5S/c1-20(2)13-14-22(4)34(29(36)26(19-40)33-30(37)39-31(5,6)7)27(25-12-10-9-11-21(25)3)28(35)32-23-15-17-24(38-8)18-16-23/h9-12,15-18,20,22,26-27,40H,13-14,19H2,1-8H3,(H,32,35)(H,33,37). The first-order valence-electron chi connectivity index (χ1n) is 13.7. The summed E-state index contributed by atoms with van der Waals surface area (Å²) in [6.07, 6.45) is 0.814. The zero-order chi connectivity index (χ0) is 30.0. The number of hydrogen-bond acceptors (Lipinski definition) is 6. The molecule has 2 aromatic rings. The first-order chi connectivity index (χ1) is 18.8. The molecule has 0 aliphatic rings. The van der Waals surface area contributed by atoms with Gasteiger partial charge in [-0.2, -0.15) is 12.6 Å². The van der Waals surface area contributed by atoms with Crippen LogP contribution in [0.1, 0.15) is 71.6 Å². The third-order valence-corrected chi connectivity index (χ3v) is 6.80. The van der Waals surface area contributed by atoms with Gasteiger partial charge < -0.3 is 25.0 Å². The molecule has 2 aromatic carbocycles. The van der Waals surface area contributed by atoms with E-state index < -0.39 is 29.7 Å². The van der Waals surface area contributed by atoms with Crippen molar-refractivity contribution in [1.82, 2.24) is 10.2 Å². The van der Waals surface area contributed by atoms with E-state index in [4.69, 9.17) is 9.47 Å². The molecule has 2 rings (SSSR count). The molecule has 0 aromatic heterocycles. The number of methoxy groups -OCH3 is 1. The van der Waals surface area contributed by atoms with E-state index in [2.05, 4.69) is 37.1 Å². The van der Waals surface area contributed by atoms with Gasteiger partial charge in [0.2, 0.25) is 5.91 Å². The number of carbonyl (C=O) groups excluding carboxylic acids is 3. The molecule has 0 bridgehead atoms. The molecule has 0 saturated heterocycles. The largest absolute Gasteiger partial charge is 0.497 e. The number of anilines is 1. The van der Waals surface area contributed by atoms with Crippen molar-refractivity contribution in [1.29, 1.82) is 0 Å². The van der Waals surface area contributed by atoms with Crippen LogP contribution >= 0.6 is 12.6 Å². The van der Waals surface area contributed by atoms with Gasteiger partial charge in [-0.05, 0) is 88.8 Å². The van der Waals surface area contributed by atoms with Crippen LogP contribution < -0.4 is 15.4 Å². The van der Waals surface area contributed by atoms with Crippen LogP contribution in [0.25, 0.3) is 0 Å². The van der Waals surface area contributed by atoms with Crippen LogP contribution in [0.5, 0.6) is 5.75 Å². The van der Waals surface area contributed by atoms with Gasteiger partial charge in [0, 0.05) is 17.5 Å². The third-order valence-electron chi connectivity index (χ3n) is 6.43. The van der Waals surface area contributed by atoms with Crippen LogP contribution in [0.3, 0.4) is 0 Å². The molecule has 0 saturated carbocycles. The number of benzene rings is 2. The fraction of sp³-hybridized carbons (Fsp3) is 0.516. The Labute approximate surface area is 244 Å². The van der Waals surface area contributed by atoms with Gasteiger partial charge in [0.25, 0.3) is 5.91 Å². The van der Waals surface area contributed by atoms with Crippen LogP contribution in [0.15, 0.2) is 48.5 Å². The van der Waals surface area contributed by atoms with Gasteiger partial charge in [0.15, 0.2) is 0 Å². The minimum atomic E-state index is -1.00. The molecule has 0 spiro atoms. The molecule has 2 N–H and O–H groups in total. The van der Waals surface area contributed by atoms with E-state index in [1.165, 1.54) is 0 Å². The highest BCUT2D eigenvalue weighted by Gasteiger charge is 2.39. The molecule has 40 heavy (non-hydrogen) atoms. The molecular formula is C31H45N3O5S. The van der Waals surface area contributed by atoms with Crippen LogP contribution in [0.2, 0.25) is 0 Å². The number of aryl methyl sites for hydroxylation is 1. The van der Waals surface area contributed by atoms with Gasteiger partial charge in [0.05, 0.1) is 7.11 Å². The van der Waals surface area contributed by atoms with E-state index in [1.807, 2.05) is 38.1 Å². The van der Waals surface area contributed by atoms with Crippen molar-refractivity contribution in [3.63, 3.8) is 0 Å². The maximum absolute atomic E-state index is 14.2. The minimum Gasteiger partial charge on any atom is -0.497 e. The van der Waals surface area contributed by atoms with Gasteiger partial charge in [-0.1, -0.05) is 38.1 Å². The molecule has 3 amide bonds. The summed E-state index contributed by atoms with van der Waals surface area (Å²) in [4.78, 5) is 42.5. The highest BCUT2D eigenvalue weighted by molar-refractivity contribution is 7.80. The molecule has 0 aliphatic carbocycles. The maximum atomic E-state index is 14.2. The summed E-state index contributed by atoms with van der Waals surface area (Å²) in [6.45, 7) is 13.4. The molecule has 8 nitrogen and oxygen atoms in total. The molecule has 3 unspecified atom stereocenters. The Balaban J connectivity index is 2.56. The number of carbonyl (C=O) groups is 3. The van der Waals surface area contributed by atoms with Crippen LogP contribution in [-0.4, -0.2) is 53.4 Å².